The first-order valence-electron chi connectivity index (χ1n) is 8.59. The van der Waals surface area contributed by atoms with E-state index in [1.54, 1.807) is 24.7 Å². The van der Waals surface area contributed by atoms with Crippen molar-refractivity contribution < 1.29 is 9.66 Å². The summed E-state index contributed by atoms with van der Waals surface area (Å²) >= 11 is 6.16. The highest BCUT2D eigenvalue weighted by atomic mass is 35.5. The number of hydrogen-bond acceptors (Lipinski definition) is 7. The fourth-order valence-corrected chi connectivity index (χ4v) is 2.80. The minimum Gasteiger partial charge on any atom is -0.434 e. The summed E-state index contributed by atoms with van der Waals surface area (Å²) in [6, 6.07) is 3.42. The molecule has 2 aromatic heterocycles. The normalized spacial score (nSPS) is 10.7. The Kier molecular flexibility index (Phi) is 6.05. The molecule has 0 aliphatic carbocycles. The van der Waals surface area contributed by atoms with E-state index >= 15 is 0 Å². The van der Waals surface area contributed by atoms with Gasteiger partial charge in [-0.15, -0.1) is 0 Å². The SMILES string of the molecule is Cc1cc(Oc2ncnc(NCCCn3ccnc3)c2[N+](=O)[O-])cc(C)c1Cl. The van der Waals surface area contributed by atoms with Crippen molar-refractivity contribution in [2.45, 2.75) is 26.8 Å². The molecule has 0 aliphatic rings. The predicted octanol–water partition coefficient (Wildman–Crippen LogP) is 4.15. The molecule has 0 atom stereocenters. The van der Waals surface area contributed by atoms with E-state index in [4.69, 9.17) is 16.3 Å². The molecule has 0 saturated carbocycles. The third-order valence-electron chi connectivity index (χ3n) is 4.04. The second-order valence-corrected chi connectivity index (χ2v) is 6.57. The molecule has 0 aliphatic heterocycles. The van der Waals surface area contributed by atoms with Crippen LogP contribution in [0.25, 0.3) is 0 Å². The molecule has 146 valence electrons. The average Bonchev–Trinajstić information content (AvgIpc) is 3.16. The van der Waals surface area contributed by atoms with Crippen molar-refractivity contribution in [1.29, 1.82) is 0 Å². The average molecular weight is 403 g/mol. The number of imidazole rings is 1. The van der Waals surface area contributed by atoms with E-state index in [2.05, 4.69) is 20.3 Å². The van der Waals surface area contributed by atoms with Gasteiger partial charge in [0, 0.05) is 30.5 Å². The van der Waals surface area contributed by atoms with E-state index in [0.717, 1.165) is 24.1 Å². The molecular weight excluding hydrogens is 384 g/mol. The number of nitrogens with one attached hydrogen (secondary N) is 1. The molecule has 0 spiro atoms. The molecule has 10 heteroatoms. The molecule has 0 bridgehead atoms. The Labute approximate surface area is 166 Å². The lowest BCUT2D eigenvalue weighted by Gasteiger charge is -2.11. The van der Waals surface area contributed by atoms with Crippen molar-refractivity contribution in [1.82, 2.24) is 19.5 Å². The van der Waals surface area contributed by atoms with Crippen molar-refractivity contribution in [2.75, 3.05) is 11.9 Å². The molecule has 0 amide bonds. The molecule has 28 heavy (non-hydrogen) atoms. The Hall–Kier alpha value is -3.20. The van der Waals surface area contributed by atoms with Gasteiger partial charge < -0.3 is 14.6 Å². The third-order valence-corrected chi connectivity index (χ3v) is 4.64. The maximum Gasteiger partial charge on any atom is 0.373 e. The van der Waals surface area contributed by atoms with Gasteiger partial charge in [-0.3, -0.25) is 10.1 Å². The first-order chi connectivity index (χ1) is 13.5. The number of hydrogen-bond donors (Lipinski definition) is 1. The van der Waals surface area contributed by atoms with Gasteiger partial charge in [0.15, 0.2) is 0 Å². The van der Waals surface area contributed by atoms with E-state index in [1.807, 2.05) is 24.6 Å². The zero-order valence-electron chi connectivity index (χ0n) is 15.4. The van der Waals surface area contributed by atoms with Gasteiger partial charge in [-0.2, -0.15) is 4.98 Å². The van der Waals surface area contributed by atoms with E-state index in [9.17, 15) is 10.1 Å². The standard InChI is InChI=1S/C18H19ClN6O3/c1-12-8-14(9-13(2)15(12)19)28-18-16(25(26)27)17(22-10-23-18)21-4-3-6-24-7-5-20-11-24/h5,7-11H,3-4,6H2,1-2H3,(H,21,22,23). The zero-order chi connectivity index (χ0) is 20.1. The fraction of sp³-hybridized carbons (Fsp3) is 0.278. The van der Waals surface area contributed by atoms with Crippen molar-refractivity contribution >= 4 is 23.1 Å². The lowest BCUT2D eigenvalue weighted by atomic mass is 10.1. The maximum absolute atomic E-state index is 11.6. The minimum absolute atomic E-state index is 0.114. The van der Waals surface area contributed by atoms with Crippen LogP contribution in [0.2, 0.25) is 5.02 Å². The van der Waals surface area contributed by atoms with Crippen molar-refractivity contribution in [3.05, 3.63) is 63.4 Å². The second-order valence-electron chi connectivity index (χ2n) is 6.19. The molecule has 0 fully saturated rings. The predicted molar refractivity (Wildman–Crippen MR) is 105 cm³/mol. The van der Waals surface area contributed by atoms with Gasteiger partial charge in [-0.1, -0.05) is 11.6 Å². The van der Waals surface area contributed by atoms with Crippen LogP contribution >= 0.6 is 11.6 Å². The first-order valence-corrected chi connectivity index (χ1v) is 8.97. The second kappa shape index (κ2) is 8.66. The minimum atomic E-state index is -0.552. The molecule has 0 unspecified atom stereocenters. The van der Waals surface area contributed by atoms with Crippen LogP contribution in [-0.4, -0.2) is 31.0 Å². The van der Waals surface area contributed by atoms with Crippen LogP contribution in [0.4, 0.5) is 11.5 Å². The number of benzene rings is 1. The number of anilines is 1. The molecular formula is C18H19ClN6O3. The van der Waals surface area contributed by atoms with Crippen LogP contribution in [-0.2, 0) is 6.54 Å². The van der Waals surface area contributed by atoms with Gasteiger partial charge >= 0.3 is 11.6 Å². The van der Waals surface area contributed by atoms with Crippen LogP contribution < -0.4 is 10.1 Å². The summed E-state index contributed by atoms with van der Waals surface area (Å²) in [4.78, 5) is 23.0. The largest absolute Gasteiger partial charge is 0.434 e. The smallest absolute Gasteiger partial charge is 0.373 e. The van der Waals surface area contributed by atoms with Crippen molar-refractivity contribution in [2.24, 2.45) is 0 Å². The van der Waals surface area contributed by atoms with Gasteiger partial charge in [0.2, 0.25) is 5.82 Å². The quantitative estimate of drug-likeness (QED) is 0.342. The van der Waals surface area contributed by atoms with Crippen LogP contribution in [0.5, 0.6) is 11.6 Å². The third kappa shape index (κ3) is 4.55. The molecule has 2 heterocycles. The summed E-state index contributed by atoms with van der Waals surface area (Å²) in [7, 11) is 0. The summed E-state index contributed by atoms with van der Waals surface area (Å²) in [5.74, 6) is 0.411. The van der Waals surface area contributed by atoms with Crippen LogP contribution in [0.15, 0.2) is 37.2 Å². The fourth-order valence-electron chi connectivity index (χ4n) is 2.70. The number of rotatable bonds is 8. The van der Waals surface area contributed by atoms with Gasteiger partial charge in [0.1, 0.15) is 12.1 Å². The number of nitro groups is 1. The van der Waals surface area contributed by atoms with E-state index < -0.39 is 4.92 Å². The van der Waals surface area contributed by atoms with E-state index in [-0.39, 0.29) is 17.4 Å². The number of aromatic nitrogens is 4. The highest BCUT2D eigenvalue weighted by Gasteiger charge is 2.25. The summed E-state index contributed by atoms with van der Waals surface area (Å²) in [5, 5.41) is 15.2. The first kappa shape index (κ1) is 19.6. The Balaban J connectivity index is 1.76. The topological polar surface area (TPSA) is 108 Å². The van der Waals surface area contributed by atoms with Crippen LogP contribution in [0.3, 0.4) is 0 Å². The molecule has 3 rings (SSSR count). The van der Waals surface area contributed by atoms with Crippen LogP contribution in [0, 0.1) is 24.0 Å². The Bertz CT molecular complexity index is 954. The number of aryl methyl sites for hydroxylation is 3. The van der Waals surface area contributed by atoms with Crippen molar-refractivity contribution in [3.8, 4) is 11.6 Å². The Morgan fingerprint density at radius 1 is 1.29 bits per heavy atom. The summed E-state index contributed by atoms with van der Waals surface area (Å²) < 4.78 is 7.62. The highest BCUT2D eigenvalue weighted by molar-refractivity contribution is 6.32. The molecule has 0 saturated heterocycles. The summed E-state index contributed by atoms with van der Waals surface area (Å²) in [5.41, 5.74) is 1.31. The lowest BCUT2D eigenvalue weighted by molar-refractivity contribution is -0.385. The van der Waals surface area contributed by atoms with E-state index in [0.29, 0.717) is 17.3 Å². The highest BCUT2D eigenvalue weighted by Crippen LogP contribution is 2.35. The molecule has 1 aromatic carbocycles. The molecule has 9 nitrogen and oxygen atoms in total. The Morgan fingerprint density at radius 3 is 2.68 bits per heavy atom. The lowest BCUT2D eigenvalue weighted by Crippen LogP contribution is -2.10. The number of nitrogens with zero attached hydrogens (tertiary/aromatic N) is 5. The molecule has 1 N–H and O–H groups in total. The van der Waals surface area contributed by atoms with Gasteiger partial charge in [-0.05, 0) is 43.5 Å². The molecule has 3 aromatic rings. The van der Waals surface area contributed by atoms with Gasteiger partial charge in [0.25, 0.3) is 0 Å². The van der Waals surface area contributed by atoms with Crippen LogP contribution in [0.1, 0.15) is 17.5 Å². The maximum atomic E-state index is 11.6. The zero-order valence-corrected chi connectivity index (χ0v) is 16.2. The summed E-state index contributed by atoms with van der Waals surface area (Å²) in [6.45, 7) is 4.90. The van der Waals surface area contributed by atoms with Crippen molar-refractivity contribution in [3.63, 3.8) is 0 Å². The Morgan fingerprint density at radius 2 is 2.04 bits per heavy atom. The number of halogens is 1. The van der Waals surface area contributed by atoms with Gasteiger partial charge in [0.05, 0.1) is 11.3 Å². The monoisotopic (exact) mass is 402 g/mol. The molecule has 0 radical (unpaired) electrons. The van der Waals surface area contributed by atoms with Gasteiger partial charge in [-0.25, -0.2) is 9.97 Å². The number of ether oxygens (including phenoxy) is 1. The summed E-state index contributed by atoms with van der Waals surface area (Å²) in [6.07, 6.45) is 7.25. The van der Waals surface area contributed by atoms with E-state index in [1.165, 1.54) is 6.33 Å².